The highest BCUT2D eigenvalue weighted by Crippen LogP contribution is 2.26. The lowest BCUT2D eigenvalue weighted by Crippen LogP contribution is -2.46. The zero-order chi connectivity index (χ0) is 20.1. The van der Waals surface area contributed by atoms with Crippen LogP contribution in [0.2, 0.25) is 5.02 Å². The van der Waals surface area contributed by atoms with Gasteiger partial charge in [0, 0.05) is 37.6 Å². The van der Waals surface area contributed by atoms with E-state index in [4.69, 9.17) is 16.3 Å². The average molecular weight is 406 g/mol. The summed E-state index contributed by atoms with van der Waals surface area (Å²) in [5, 5.41) is 2.99. The topological polar surface area (TPSA) is 44.8 Å². The maximum Gasteiger partial charge on any atom is 0.262 e. The molecular weight excluding hydrogens is 381 g/mol. The molecule has 3 rings (SSSR count). The average Bonchev–Trinajstić information content (AvgIpc) is 2.69. The highest BCUT2D eigenvalue weighted by Gasteiger charge is 2.16. The summed E-state index contributed by atoms with van der Waals surface area (Å²) in [5.74, 6) is -0.474. The SMILES string of the molecule is CCN1CCN(c2ccc(NC(=O)COc3ccc(F)cc3Cl)c(C)c2)CC1. The van der Waals surface area contributed by atoms with Crippen molar-refractivity contribution in [2.45, 2.75) is 13.8 Å². The van der Waals surface area contributed by atoms with Gasteiger partial charge in [0.25, 0.3) is 5.91 Å². The molecule has 1 N–H and O–H groups in total. The van der Waals surface area contributed by atoms with Crippen molar-refractivity contribution in [2.24, 2.45) is 0 Å². The third kappa shape index (κ3) is 5.14. The first kappa shape index (κ1) is 20.4. The molecule has 2 aromatic rings. The summed E-state index contributed by atoms with van der Waals surface area (Å²) in [6, 6.07) is 9.83. The second-order valence-electron chi connectivity index (χ2n) is 6.83. The van der Waals surface area contributed by atoms with Gasteiger partial charge in [-0.05, 0) is 55.4 Å². The minimum atomic E-state index is -0.450. The van der Waals surface area contributed by atoms with E-state index in [0.717, 1.165) is 50.0 Å². The molecule has 1 aliphatic heterocycles. The molecule has 7 heteroatoms. The Morgan fingerprint density at radius 2 is 1.93 bits per heavy atom. The van der Waals surface area contributed by atoms with Crippen LogP contribution in [0.4, 0.5) is 15.8 Å². The molecule has 0 saturated carbocycles. The first-order valence-corrected chi connectivity index (χ1v) is 9.79. The molecule has 1 fully saturated rings. The lowest BCUT2D eigenvalue weighted by Gasteiger charge is -2.35. The van der Waals surface area contributed by atoms with Crippen molar-refractivity contribution in [3.63, 3.8) is 0 Å². The Morgan fingerprint density at radius 3 is 2.57 bits per heavy atom. The Morgan fingerprint density at radius 1 is 1.18 bits per heavy atom. The number of aryl methyl sites for hydroxylation is 1. The number of carbonyl (C=O) groups excluding carboxylic acids is 1. The Kier molecular flexibility index (Phi) is 6.75. The molecule has 0 atom stereocenters. The Hall–Kier alpha value is -2.31. The first-order valence-electron chi connectivity index (χ1n) is 9.42. The summed E-state index contributed by atoms with van der Waals surface area (Å²) in [5.41, 5.74) is 2.90. The highest BCUT2D eigenvalue weighted by atomic mass is 35.5. The fourth-order valence-corrected chi connectivity index (χ4v) is 3.45. The summed E-state index contributed by atoms with van der Waals surface area (Å²) >= 11 is 5.90. The Bertz CT molecular complexity index is 838. The maximum atomic E-state index is 13.1. The lowest BCUT2D eigenvalue weighted by atomic mass is 10.1. The van der Waals surface area contributed by atoms with Crippen LogP contribution in [0.1, 0.15) is 12.5 Å². The van der Waals surface area contributed by atoms with Gasteiger partial charge in [-0.1, -0.05) is 18.5 Å². The zero-order valence-electron chi connectivity index (χ0n) is 16.2. The number of amides is 1. The molecule has 0 bridgehead atoms. The van der Waals surface area contributed by atoms with Crippen molar-refractivity contribution >= 4 is 28.9 Å². The van der Waals surface area contributed by atoms with Crippen LogP contribution in [0.15, 0.2) is 36.4 Å². The van der Waals surface area contributed by atoms with E-state index in [2.05, 4.69) is 28.1 Å². The van der Waals surface area contributed by atoms with Crippen LogP contribution in [0.25, 0.3) is 0 Å². The molecule has 0 spiro atoms. The van der Waals surface area contributed by atoms with Gasteiger partial charge in [0.05, 0.1) is 5.02 Å². The van der Waals surface area contributed by atoms with Crippen LogP contribution in [0.5, 0.6) is 5.75 Å². The number of piperazine rings is 1. The van der Waals surface area contributed by atoms with E-state index in [1.54, 1.807) is 0 Å². The number of carbonyl (C=O) groups is 1. The van der Waals surface area contributed by atoms with Gasteiger partial charge in [-0.15, -0.1) is 0 Å². The number of benzene rings is 2. The highest BCUT2D eigenvalue weighted by molar-refractivity contribution is 6.32. The molecule has 1 aliphatic rings. The molecule has 2 aromatic carbocycles. The van der Waals surface area contributed by atoms with Gasteiger partial charge in [0.1, 0.15) is 11.6 Å². The van der Waals surface area contributed by atoms with Crippen LogP contribution in [0.3, 0.4) is 0 Å². The minimum Gasteiger partial charge on any atom is -0.482 e. The lowest BCUT2D eigenvalue weighted by molar-refractivity contribution is -0.118. The largest absolute Gasteiger partial charge is 0.482 e. The number of hydrogen-bond donors (Lipinski definition) is 1. The molecule has 1 saturated heterocycles. The summed E-state index contributed by atoms with van der Waals surface area (Å²) in [6.45, 7) is 9.18. The van der Waals surface area contributed by atoms with Gasteiger partial charge in [-0.2, -0.15) is 0 Å². The standard InChI is InChI=1S/C21H25ClFN3O2/c1-3-25-8-10-26(11-9-25)17-5-6-19(15(2)12-17)24-21(27)14-28-20-7-4-16(23)13-18(20)22/h4-7,12-13H,3,8-11,14H2,1-2H3,(H,24,27). The number of anilines is 2. The molecular formula is C21H25ClFN3O2. The van der Waals surface area contributed by atoms with Gasteiger partial charge in [0.15, 0.2) is 6.61 Å². The van der Waals surface area contributed by atoms with Crippen LogP contribution in [-0.2, 0) is 4.79 Å². The second-order valence-corrected chi connectivity index (χ2v) is 7.24. The molecule has 0 aromatic heterocycles. The van der Waals surface area contributed by atoms with Crippen molar-refractivity contribution < 1.29 is 13.9 Å². The van der Waals surface area contributed by atoms with E-state index in [-0.39, 0.29) is 23.3 Å². The fourth-order valence-electron chi connectivity index (χ4n) is 3.23. The number of nitrogens with zero attached hydrogens (tertiary/aromatic N) is 2. The maximum absolute atomic E-state index is 13.1. The van der Waals surface area contributed by atoms with Crippen molar-refractivity contribution in [1.29, 1.82) is 0 Å². The normalized spacial score (nSPS) is 14.8. The molecule has 150 valence electrons. The van der Waals surface area contributed by atoms with Gasteiger partial charge in [0.2, 0.25) is 0 Å². The van der Waals surface area contributed by atoms with Crippen molar-refractivity contribution in [1.82, 2.24) is 4.90 Å². The summed E-state index contributed by atoms with van der Waals surface area (Å²) in [7, 11) is 0. The van der Waals surface area contributed by atoms with Crippen molar-refractivity contribution in [3.8, 4) is 5.75 Å². The van der Waals surface area contributed by atoms with Crippen molar-refractivity contribution in [2.75, 3.05) is 49.5 Å². The summed E-state index contributed by atoms with van der Waals surface area (Å²) in [6.07, 6.45) is 0. The van der Waals surface area contributed by atoms with E-state index in [9.17, 15) is 9.18 Å². The van der Waals surface area contributed by atoms with E-state index < -0.39 is 5.82 Å². The second kappa shape index (κ2) is 9.26. The summed E-state index contributed by atoms with van der Waals surface area (Å²) < 4.78 is 18.4. The fraction of sp³-hybridized carbons (Fsp3) is 0.381. The molecule has 0 unspecified atom stereocenters. The van der Waals surface area contributed by atoms with Gasteiger partial charge >= 0.3 is 0 Å². The van der Waals surface area contributed by atoms with Gasteiger partial charge < -0.3 is 19.9 Å². The molecule has 1 heterocycles. The summed E-state index contributed by atoms with van der Waals surface area (Å²) in [4.78, 5) is 17.0. The zero-order valence-corrected chi connectivity index (χ0v) is 16.9. The van der Waals surface area contributed by atoms with Crippen LogP contribution >= 0.6 is 11.6 Å². The first-order chi connectivity index (χ1) is 13.5. The number of nitrogens with one attached hydrogen (secondary N) is 1. The third-order valence-electron chi connectivity index (χ3n) is 4.92. The van der Waals surface area contributed by atoms with Crippen LogP contribution in [-0.4, -0.2) is 50.1 Å². The number of hydrogen-bond acceptors (Lipinski definition) is 4. The number of rotatable bonds is 6. The van der Waals surface area contributed by atoms with E-state index in [1.807, 2.05) is 19.1 Å². The predicted octanol–water partition coefficient (Wildman–Crippen LogP) is 3.95. The third-order valence-corrected chi connectivity index (χ3v) is 5.22. The Labute approximate surface area is 170 Å². The van der Waals surface area contributed by atoms with Crippen molar-refractivity contribution in [3.05, 3.63) is 52.8 Å². The van der Waals surface area contributed by atoms with E-state index in [0.29, 0.717) is 0 Å². The van der Waals surface area contributed by atoms with Gasteiger partial charge in [-0.25, -0.2) is 4.39 Å². The number of ether oxygens (including phenoxy) is 1. The number of halogens is 2. The van der Waals surface area contributed by atoms with Crippen LogP contribution in [0, 0.1) is 12.7 Å². The van der Waals surface area contributed by atoms with Gasteiger partial charge in [-0.3, -0.25) is 4.79 Å². The molecule has 0 aliphatic carbocycles. The van der Waals surface area contributed by atoms with Crippen LogP contribution < -0.4 is 15.0 Å². The monoisotopic (exact) mass is 405 g/mol. The van der Waals surface area contributed by atoms with E-state index >= 15 is 0 Å². The smallest absolute Gasteiger partial charge is 0.262 e. The minimum absolute atomic E-state index is 0.136. The number of likely N-dealkylation sites (N-methyl/N-ethyl adjacent to an activating group) is 1. The molecule has 1 amide bonds. The quantitative estimate of drug-likeness (QED) is 0.790. The Balaban J connectivity index is 1.56. The molecule has 28 heavy (non-hydrogen) atoms. The van der Waals surface area contributed by atoms with E-state index in [1.165, 1.54) is 17.8 Å². The molecule has 0 radical (unpaired) electrons. The predicted molar refractivity (Wildman–Crippen MR) is 111 cm³/mol. The molecule has 5 nitrogen and oxygen atoms in total.